The second-order valence-electron chi connectivity index (χ2n) is 9.69. The van der Waals surface area contributed by atoms with Crippen LogP contribution in [0.3, 0.4) is 0 Å². The van der Waals surface area contributed by atoms with Crippen LogP contribution in [0.1, 0.15) is 55.8 Å². The van der Waals surface area contributed by atoms with Crippen molar-refractivity contribution in [3.8, 4) is 11.5 Å². The monoisotopic (exact) mass is 542 g/mol. The summed E-state index contributed by atoms with van der Waals surface area (Å²) in [6, 6.07) is 19.3. The van der Waals surface area contributed by atoms with Crippen LogP contribution in [0.4, 0.5) is 5.13 Å². The summed E-state index contributed by atoms with van der Waals surface area (Å²) in [4.78, 5) is 33.1. The van der Waals surface area contributed by atoms with Gasteiger partial charge in [-0.05, 0) is 65.9 Å². The number of ether oxygens (including phenoxy) is 2. The standard InChI is InChI=1S/C31H30N2O5S/c1-5-16-38-22-12-10-21(11-13-22)28(34)26-27(20-8-6-19(7-9-20)18(2)3)33(30(36)29(26)35)31-32-24-15-14-23(37-4)17-25(24)39-31/h6-15,17-18,27,34H,5,16H2,1-4H3/b28-26+. The Hall–Kier alpha value is -4.17. The van der Waals surface area contributed by atoms with E-state index >= 15 is 0 Å². The van der Waals surface area contributed by atoms with Crippen LogP contribution >= 0.6 is 11.3 Å². The Balaban J connectivity index is 1.64. The number of thiazole rings is 1. The van der Waals surface area contributed by atoms with Crippen LogP contribution in [0.2, 0.25) is 0 Å². The van der Waals surface area contributed by atoms with Crippen molar-refractivity contribution < 1.29 is 24.2 Å². The molecule has 1 aliphatic heterocycles. The fourth-order valence-corrected chi connectivity index (χ4v) is 5.64. The van der Waals surface area contributed by atoms with Gasteiger partial charge in [0.2, 0.25) is 0 Å². The lowest BCUT2D eigenvalue weighted by Gasteiger charge is -2.23. The van der Waals surface area contributed by atoms with Gasteiger partial charge in [0.1, 0.15) is 17.3 Å². The van der Waals surface area contributed by atoms with Gasteiger partial charge < -0.3 is 14.6 Å². The molecule has 0 aliphatic carbocycles. The normalized spacial score (nSPS) is 16.8. The van der Waals surface area contributed by atoms with E-state index in [9.17, 15) is 14.7 Å². The number of methoxy groups -OCH3 is 1. The first kappa shape index (κ1) is 26.4. The van der Waals surface area contributed by atoms with Gasteiger partial charge in [0, 0.05) is 5.56 Å². The lowest BCUT2D eigenvalue weighted by molar-refractivity contribution is -0.132. The highest BCUT2D eigenvalue weighted by Gasteiger charge is 2.48. The number of benzene rings is 3. The predicted molar refractivity (Wildman–Crippen MR) is 154 cm³/mol. The Bertz CT molecular complexity index is 1550. The zero-order valence-corrected chi connectivity index (χ0v) is 23.1. The first-order valence-corrected chi connectivity index (χ1v) is 13.7. The minimum Gasteiger partial charge on any atom is -0.507 e. The van der Waals surface area contributed by atoms with Gasteiger partial charge in [0.15, 0.2) is 5.13 Å². The average Bonchev–Trinajstić information content (AvgIpc) is 3.49. The van der Waals surface area contributed by atoms with Crippen molar-refractivity contribution in [3.05, 3.63) is 89.0 Å². The number of anilines is 1. The number of ketones is 1. The number of Topliss-reactive ketones (excluding diaryl/α,β-unsaturated/α-hetero) is 1. The van der Waals surface area contributed by atoms with Crippen LogP contribution in [0.5, 0.6) is 11.5 Å². The summed E-state index contributed by atoms with van der Waals surface area (Å²) in [7, 11) is 1.59. The van der Waals surface area contributed by atoms with E-state index in [1.54, 1.807) is 37.4 Å². The highest BCUT2D eigenvalue weighted by molar-refractivity contribution is 7.22. The number of aliphatic hydroxyl groups is 1. The Labute approximate surface area is 231 Å². The predicted octanol–water partition coefficient (Wildman–Crippen LogP) is 6.84. The second-order valence-corrected chi connectivity index (χ2v) is 10.7. The highest BCUT2D eigenvalue weighted by Crippen LogP contribution is 2.45. The van der Waals surface area contributed by atoms with Crippen molar-refractivity contribution in [2.75, 3.05) is 18.6 Å². The minimum atomic E-state index is -0.843. The van der Waals surface area contributed by atoms with Gasteiger partial charge in [-0.1, -0.05) is 56.4 Å². The third kappa shape index (κ3) is 5.00. The zero-order chi connectivity index (χ0) is 27.7. The van der Waals surface area contributed by atoms with Crippen molar-refractivity contribution in [3.63, 3.8) is 0 Å². The van der Waals surface area contributed by atoms with Crippen molar-refractivity contribution >= 4 is 44.1 Å². The summed E-state index contributed by atoms with van der Waals surface area (Å²) in [6.07, 6.45) is 0.874. The van der Waals surface area contributed by atoms with Crippen LogP contribution in [-0.2, 0) is 9.59 Å². The number of hydrogen-bond donors (Lipinski definition) is 1. The van der Waals surface area contributed by atoms with Crippen LogP contribution < -0.4 is 14.4 Å². The molecular weight excluding hydrogens is 512 g/mol. The molecule has 0 saturated carbocycles. The molecule has 1 atom stereocenters. The van der Waals surface area contributed by atoms with E-state index in [0.29, 0.717) is 45.8 Å². The lowest BCUT2D eigenvalue weighted by Crippen LogP contribution is -2.29. The van der Waals surface area contributed by atoms with E-state index in [1.165, 1.54) is 16.2 Å². The van der Waals surface area contributed by atoms with Gasteiger partial charge in [0.25, 0.3) is 5.78 Å². The third-order valence-corrected chi connectivity index (χ3v) is 7.77. The summed E-state index contributed by atoms with van der Waals surface area (Å²) in [6.45, 7) is 6.81. The number of nitrogens with zero attached hydrogens (tertiary/aromatic N) is 2. The molecule has 0 spiro atoms. The number of amides is 1. The lowest BCUT2D eigenvalue weighted by atomic mass is 9.93. The number of rotatable bonds is 8. The average molecular weight is 543 g/mol. The zero-order valence-electron chi connectivity index (χ0n) is 22.3. The molecular formula is C31H30N2O5S. The number of aromatic nitrogens is 1. The Morgan fingerprint density at radius 3 is 2.36 bits per heavy atom. The smallest absolute Gasteiger partial charge is 0.301 e. The molecule has 200 valence electrons. The topological polar surface area (TPSA) is 89.0 Å². The first-order valence-electron chi connectivity index (χ1n) is 12.9. The molecule has 8 heteroatoms. The van der Waals surface area contributed by atoms with Crippen molar-refractivity contribution in [2.45, 2.75) is 39.2 Å². The van der Waals surface area contributed by atoms with E-state index in [2.05, 4.69) is 18.8 Å². The molecule has 4 aromatic rings. The maximum atomic E-state index is 13.5. The fraction of sp³-hybridized carbons (Fsp3) is 0.258. The van der Waals surface area contributed by atoms with Crippen LogP contribution in [0, 0.1) is 0 Å². The second kappa shape index (κ2) is 10.9. The van der Waals surface area contributed by atoms with Gasteiger partial charge in [0.05, 0.1) is 35.5 Å². The van der Waals surface area contributed by atoms with E-state index in [4.69, 9.17) is 9.47 Å². The van der Waals surface area contributed by atoms with Gasteiger partial charge in [-0.15, -0.1) is 0 Å². The summed E-state index contributed by atoms with van der Waals surface area (Å²) >= 11 is 1.30. The van der Waals surface area contributed by atoms with Crippen molar-refractivity contribution in [1.82, 2.24) is 4.98 Å². The molecule has 1 fully saturated rings. The molecule has 1 aliphatic rings. The van der Waals surface area contributed by atoms with Gasteiger partial charge >= 0.3 is 5.91 Å². The number of aliphatic hydroxyl groups excluding tert-OH is 1. The van der Waals surface area contributed by atoms with Crippen molar-refractivity contribution in [2.24, 2.45) is 0 Å². The molecule has 3 aromatic carbocycles. The van der Waals surface area contributed by atoms with Crippen LogP contribution in [0.15, 0.2) is 72.3 Å². The summed E-state index contributed by atoms with van der Waals surface area (Å²) < 4.78 is 11.8. The SMILES string of the molecule is CCCOc1ccc(/C(O)=C2\C(=O)C(=O)N(c3nc4ccc(OC)cc4s3)C2c2ccc(C(C)C)cc2)cc1. The van der Waals surface area contributed by atoms with E-state index in [0.717, 1.165) is 16.7 Å². The van der Waals surface area contributed by atoms with Crippen molar-refractivity contribution in [1.29, 1.82) is 0 Å². The molecule has 1 amide bonds. The Morgan fingerprint density at radius 2 is 1.72 bits per heavy atom. The fourth-order valence-electron chi connectivity index (χ4n) is 4.62. The quantitative estimate of drug-likeness (QED) is 0.149. The van der Waals surface area contributed by atoms with E-state index in [-0.39, 0.29) is 11.3 Å². The van der Waals surface area contributed by atoms with Crippen LogP contribution in [0.25, 0.3) is 16.0 Å². The number of carbonyl (C=O) groups excluding carboxylic acids is 2. The number of hydrogen-bond acceptors (Lipinski definition) is 7. The Morgan fingerprint density at radius 1 is 1.03 bits per heavy atom. The molecule has 7 nitrogen and oxygen atoms in total. The molecule has 2 heterocycles. The Kier molecular flexibility index (Phi) is 7.39. The van der Waals surface area contributed by atoms with E-state index < -0.39 is 17.7 Å². The molecule has 0 radical (unpaired) electrons. The molecule has 39 heavy (non-hydrogen) atoms. The third-order valence-electron chi connectivity index (χ3n) is 6.75. The summed E-state index contributed by atoms with van der Waals surface area (Å²) in [5, 5.41) is 11.8. The molecule has 5 rings (SSSR count). The molecule has 1 saturated heterocycles. The minimum absolute atomic E-state index is 0.0244. The van der Waals surface area contributed by atoms with Gasteiger partial charge in [-0.2, -0.15) is 0 Å². The van der Waals surface area contributed by atoms with Crippen LogP contribution in [-0.4, -0.2) is 35.5 Å². The van der Waals surface area contributed by atoms with E-state index in [1.807, 2.05) is 43.3 Å². The summed E-state index contributed by atoms with van der Waals surface area (Å²) in [5.41, 5.74) is 2.98. The molecule has 1 unspecified atom stereocenters. The maximum absolute atomic E-state index is 13.5. The maximum Gasteiger partial charge on any atom is 0.301 e. The van der Waals surface area contributed by atoms with Gasteiger partial charge in [-0.25, -0.2) is 4.98 Å². The first-order chi connectivity index (χ1) is 18.8. The molecule has 1 aromatic heterocycles. The summed E-state index contributed by atoms with van der Waals surface area (Å²) in [5.74, 6) is -0.0692. The number of carbonyl (C=O) groups is 2. The molecule has 1 N–H and O–H groups in total. The highest BCUT2D eigenvalue weighted by atomic mass is 32.1. The number of fused-ring (bicyclic) bond motifs is 1. The molecule has 0 bridgehead atoms. The van der Waals surface area contributed by atoms with Gasteiger partial charge in [-0.3, -0.25) is 14.5 Å². The largest absolute Gasteiger partial charge is 0.507 e.